The molecular formula is C17H16ClFN4O3. The summed E-state index contributed by atoms with van der Waals surface area (Å²) < 4.78 is 18.0. The lowest BCUT2D eigenvalue weighted by Crippen LogP contribution is -2.22. The lowest BCUT2D eigenvalue weighted by atomic mass is 10.3. The van der Waals surface area contributed by atoms with Gasteiger partial charge in [0.2, 0.25) is 0 Å². The SMILES string of the molecule is O=C(COC(=O)c1ccc(N2CCCC2)nn1)Nc1ccc(F)c(Cl)c1. The number of nitrogens with zero attached hydrogens (tertiary/aromatic N) is 3. The number of carbonyl (C=O) groups excluding carboxylic acids is 2. The van der Waals surface area contributed by atoms with E-state index in [0.717, 1.165) is 32.0 Å². The van der Waals surface area contributed by atoms with Crippen LogP contribution in [0.4, 0.5) is 15.9 Å². The molecule has 1 aromatic heterocycles. The van der Waals surface area contributed by atoms with Gasteiger partial charge in [-0.1, -0.05) is 11.6 Å². The molecule has 7 nitrogen and oxygen atoms in total. The van der Waals surface area contributed by atoms with Crippen LogP contribution in [0.2, 0.25) is 5.02 Å². The smallest absolute Gasteiger partial charge is 0.359 e. The predicted molar refractivity (Wildman–Crippen MR) is 93.8 cm³/mol. The number of rotatable bonds is 5. The van der Waals surface area contributed by atoms with Gasteiger partial charge in [-0.2, -0.15) is 0 Å². The van der Waals surface area contributed by atoms with E-state index in [1.165, 1.54) is 18.2 Å². The molecule has 1 fully saturated rings. The topological polar surface area (TPSA) is 84.4 Å². The van der Waals surface area contributed by atoms with Crippen molar-refractivity contribution in [2.24, 2.45) is 0 Å². The Kier molecular flexibility index (Phi) is 5.62. The summed E-state index contributed by atoms with van der Waals surface area (Å²) in [5.41, 5.74) is 0.317. The van der Waals surface area contributed by atoms with Gasteiger partial charge in [0.15, 0.2) is 18.1 Å². The van der Waals surface area contributed by atoms with Crippen molar-refractivity contribution in [1.82, 2.24) is 10.2 Å². The summed E-state index contributed by atoms with van der Waals surface area (Å²) in [5.74, 6) is -1.21. The number of ether oxygens (including phenoxy) is 1. The number of benzene rings is 1. The third-order valence-electron chi connectivity index (χ3n) is 3.83. The number of esters is 1. The number of amides is 1. The average Bonchev–Trinajstić information content (AvgIpc) is 3.18. The lowest BCUT2D eigenvalue weighted by Gasteiger charge is -2.15. The molecule has 1 aliphatic heterocycles. The van der Waals surface area contributed by atoms with E-state index < -0.39 is 24.3 Å². The number of carbonyl (C=O) groups is 2. The number of halogens is 2. The van der Waals surface area contributed by atoms with Crippen LogP contribution in [0.3, 0.4) is 0 Å². The van der Waals surface area contributed by atoms with Crippen LogP contribution in [-0.4, -0.2) is 41.8 Å². The van der Waals surface area contributed by atoms with Crippen LogP contribution >= 0.6 is 11.6 Å². The second-order valence-electron chi connectivity index (χ2n) is 5.72. The Morgan fingerprint density at radius 2 is 1.96 bits per heavy atom. The van der Waals surface area contributed by atoms with E-state index in [0.29, 0.717) is 11.5 Å². The van der Waals surface area contributed by atoms with Crippen LogP contribution in [0.25, 0.3) is 0 Å². The average molecular weight is 379 g/mol. The van der Waals surface area contributed by atoms with Crippen LogP contribution in [-0.2, 0) is 9.53 Å². The highest BCUT2D eigenvalue weighted by Gasteiger charge is 2.16. The van der Waals surface area contributed by atoms with Crippen LogP contribution in [0.5, 0.6) is 0 Å². The van der Waals surface area contributed by atoms with Crippen LogP contribution < -0.4 is 10.2 Å². The summed E-state index contributed by atoms with van der Waals surface area (Å²) >= 11 is 5.63. The molecule has 0 aliphatic carbocycles. The van der Waals surface area contributed by atoms with Gasteiger partial charge >= 0.3 is 5.97 Å². The monoisotopic (exact) mass is 378 g/mol. The zero-order valence-electron chi connectivity index (χ0n) is 13.7. The standard InChI is InChI=1S/C17H16ClFN4O3/c18-12-9-11(3-4-13(12)19)20-16(24)10-26-17(25)14-5-6-15(22-21-14)23-7-1-2-8-23/h3-6,9H,1-2,7-8,10H2,(H,20,24). The van der Waals surface area contributed by atoms with Gasteiger partial charge in [-0.05, 0) is 43.2 Å². The third kappa shape index (κ3) is 4.45. The van der Waals surface area contributed by atoms with Crippen molar-refractivity contribution in [3.8, 4) is 0 Å². The molecule has 0 bridgehead atoms. The molecule has 1 aromatic carbocycles. The lowest BCUT2D eigenvalue weighted by molar-refractivity contribution is -0.119. The molecule has 26 heavy (non-hydrogen) atoms. The molecule has 1 aliphatic rings. The first-order valence-electron chi connectivity index (χ1n) is 8.03. The Morgan fingerprint density at radius 1 is 1.19 bits per heavy atom. The predicted octanol–water partition coefficient (Wildman–Crippen LogP) is 2.66. The minimum Gasteiger partial charge on any atom is -0.451 e. The zero-order valence-corrected chi connectivity index (χ0v) is 14.5. The normalized spacial score (nSPS) is 13.5. The van der Waals surface area contributed by atoms with Gasteiger partial charge in [-0.3, -0.25) is 4.79 Å². The van der Waals surface area contributed by atoms with E-state index in [9.17, 15) is 14.0 Å². The Hall–Kier alpha value is -2.74. The van der Waals surface area contributed by atoms with Gasteiger partial charge in [0.1, 0.15) is 5.82 Å². The second-order valence-corrected chi connectivity index (χ2v) is 6.13. The number of hydrogen-bond acceptors (Lipinski definition) is 6. The Labute approximate surface area is 154 Å². The molecule has 136 valence electrons. The van der Waals surface area contributed by atoms with Crippen molar-refractivity contribution in [2.75, 3.05) is 29.9 Å². The Balaban J connectivity index is 1.51. The van der Waals surface area contributed by atoms with E-state index in [1.807, 2.05) is 0 Å². The fraction of sp³-hybridized carbons (Fsp3) is 0.294. The minimum absolute atomic E-state index is 0.0190. The highest BCUT2D eigenvalue weighted by atomic mass is 35.5. The molecule has 2 heterocycles. The van der Waals surface area contributed by atoms with Crippen LogP contribution in [0.1, 0.15) is 23.3 Å². The van der Waals surface area contributed by atoms with Crippen molar-refractivity contribution in [1.29, 1.82) is 0 Å². The van der Waals surface area contributed by atoms with Gasteiger partial charge in [0.25, 0.3) is 5.91 Å². The molecule has 0 spiro atoms. The van der Waals surface area contributed by atoms with Gasteiger partial charge < -0.3 is 15.0 Å². The number of nitrogens with one attached hydrogen (secondary N) is 1. The van der Waals surface area contributed by atoms with E-state index >= 15 is 0 Å². The minimum atomic E-state index is -0.752. The maximum Gasteiger partial charge on any atom is 0.359 e. The molecule has 1 amide bonds. The maximum absolute atomic E-state index is 13.1. The summed E-state index contributed by atoms with van der Waals surface area (Å²) in [7, 11) is 0. The van der Waals surface area contributed by atoms with E-state index in [1.54, 1.807) is 6.07 Å². The molecular weight excluding hydrogens is 363 g/mol. The Bertz CT molecular complexity index is 810. The molecule has 1 saturated heterocycles. The van der Waals surface area contributed by atoms with Crippen molar-refractivity contribution in [2.45, 2.75) is 12.8 Å². The van der Waals surface area contributed by atoms with Crippen LogP contribution in [0, 0.1) is 5.82 Å². The quantitative estimate of drug-likeness (QED) is 0.805. The molecule has 0 saturated carbocycles. The largest absolute Gasteiger partial charge is 0.451 e. The summed E-state index contributed by atoms with van der Waals surface area (Å²) in [6, 6.07) is 6.96. The van der Waals surface area contributed by atoms with Crippen molar-refractivity contribution < 1.29 is 18.7 Å². The summed E-state index contributed by atoms with van der Waals surface area (Å²) in [6.07, 6.45) is 2.22. The number of hydrogen-bond donors (Lipinski definition) is 1. The van der Waals surface area contributed by atoms with Crippen molar-refractivity contribution in [3.63, 3.8) is 0 Å². The fourth-order valence-corrected chi connectivity index (χ4v) is 2.71. The summed E-state index contributed by atoms with van der Waals surface area (Å²) in [4.78, 5) is 25.8. The zero-order chi connectivity index (χ0) is 18.5. The third-order valence-corrected chi connectivity index (χ3v) is 4.12. The molecule has 9 heteroatoms. The maximum atomic E-state index is 13.1. The fourth-order valence-electron chi connectivity index (χ4n) is 2.52. The summed E-state index contributed by atoms with van der Waals surface area (Å²) in [6.45, 7) is 1.33. The molecule has 2 aromatic rings. The van der Waals surface area contributed by atoms with E-state index in [-0.39, 0.29) is 10.7 Å². The van der Waals surface area contributed by atoms with Crippen molar-refractivity contribution >= 4 is 35.0 Å². The number of aromatic nitrogens is 2. The van der Waals surface area contributed by atoms with Gasteiger partial charge in [-0.15, -0.1) is 10.2 Å². The summed E-state index contributed by atoms with van der Waals surface area (Å²) in [5, 5.41) is 10.2. The molecule has 1 N–H and O–H groups in total. The number of anilines is 2. The first kappa shape index (κ1) is 18.1. The van der Waals surface area contributed by atoms with Crippen LogP contribution in [0.15, 0.2) is 30.3 Å². The first-order chi connectivity index (χ1) is 12.5. The molecule has 0 atom stereocenters. The first-order valence-corrected chi connectivity index (χ1v) is 8.41. The highest BCUT2D eigenvalue weighted by molar-refractivity contribution is 6.31. The Morgan fingerprint density at radius 3 is 2.62 bits per heavy atom. The second kappa shape index (κ2) is 8.09. The molecule has 0 unspecified atom stereocenters. The molecule has 3 rings (SSSR count). The van der Waals surface area contributed by atoms with Gasteiger partial charge in [-0.25, -0.2) is 9.18 Å². The molecule has 0 radical (unpaired) electrons. The van der Waals surface area contributed by atoms with E-state index in [4.69, 9.17) is 16.3 Å². The highest BCUT2D eigenvalue weighted by Crippen LogP contribution is 2.19. The van der Waals surface area contributed by atoms with Crippen molar-refractivity contribution in [3.05, 3.63) is 46.9 Å². The van der Waals surface area contributed by atoms with Gasteiger partial charge in [0.05, 0.1) is 5.02 Å². The van der Waals surface area contributed by atoms with E-state index in [2.05, 4.69) is 20.4 Å². The van der Waals surface area contributed by atoms with Gasteiger partial charge in [0, 0.05) is 18.8 Å².